The zero-order chi connectivity index (χ0) is 20.1. The van der Waals surface area contributed by atoms with Crippen molar-refractivity contribution in [2.75, 3.05) is 0 Å². The zero-order valence-corrected chi connectivity index (χ0v) is 17.1. The molecule has 27 heavy (non-hydrogen) atoms. The minimum atomic E-state index is -0.591. The lowest BCUT2D eigenvalue weighted by Gasteiger charge is -2.20. The van der Waals surface area contributed by atoms with E-state index in [0.717, 1.165) is 6.42 Å². The molecule has 0 aliphatic heterocycles. The lowest BCUT2D eigenvalue weighted by Crippen LogP contribution is -2.45. The van der Waals surface area contributed by atoms with Crippen molar-refractivity contribution in [2.24, 2.45) is 0 Å². The van der Waals surface area contributed by atoms with Crippen LogP contribution >= 0.6 is 11.8 Å². The van der Waals surface area contributed by atoms with Crippen LogP contribution in [0.15, 0.2) is 34.2 Å². The van der Waals surface area contributed by atoms with Gasteiger partial charge >= 0.3 is 6.03 Å². The van der Waals surface area contributed by atoms with Gasteiger partial charge in [0.1, 0.15) is 0 Å². The Morgan fingerprint density at radius 3 is 2.48 bits per heavy atom. The SMILES string of the molecule is CC[C@H](C)n1c(S[C@@H](C)C(=O)NC(=O)NC(C)C)nc2ccccc2c1=O. The Kier molecular flexibility index (Phi) is 7.01. The van der Waals surface area contributed by atoms with Crippen LogP contribution in [-0.4, -0.2) is 32.8 Å². The van der Waals surface area contributed by atoms with Gasteiger partial charge in [0, 0.05) is 12.1 Å². The fraction of sp³-hybridized carbons (Fsp3) is 0.474. The van der Waals surface area contributed by atoms with Crippen LogP contribution in [-0.2, 0) is 4.79 Å². The van der Waals surface area contributed by atoms with Gasteiger partial charge in [-0.1, -0.05) is 30.8 Å². The summed E-state index contributed by atoms with van der Waals surface area (Å²) < 4.78 is 1.63. The number of carbonyl (C=O) groups excluding carboxylic acids is 2. The number of amides is 3. The molecule has 0 aliphatic rings. The number of carbonyl (C=O) groups is 2. The molecule has 2 rings (SSSR count). The number of nitrogens with zero attached hydrogens (tertiary/aromatic N) is 2. The van der Waals surface area contributed by atoms with Crippen LogP contribution in [0.5, 0.6) is 0 Å². The van der Waals surface area contributed by atoms with Gasteiger partial charge in [0.2, 0.25) is 5.91 Å². The molecule has 7 nitrogen and oxygen atoms in total. The van der Waals surface area contributed by atoms with Crippen LogP contribution in [0.4, 0.5) is 4.79 Å². The summed E-state index contributed by atoms with van der Waals surface area (Å²) in [7, 11) is 0. The molecule has 2 atom stereocenters. The van der Waals surface area contributed by atoms with Gasteiger partial charge in [-0.15, -0.1) is 0 Å². The van der Waals surface area contributed by atoms with Gasteiger partial charge in [0.15, 0.2) is 5.16 Å². The number of fused-ring (bicyclic) bond motifs is 1. The number of aromatic nitrogens is 2. The highest BCUT2D eigenvalue weighted by Crippen LogP contribution is 2.25. The van der Waals surface area contributed by atoms with Crippen LogP contribution in [0, 0.1) is 0 Å². The molecule has 0 unspecified atom stereocenters. The molecular weight excluding hydrogens is 364 g/mol. The van der Waals surface area contributed by atoms with E-state index >= 15 is 0 Å². The predicted octanol–water partition coefficient (Wildman–Crippen LogP) is 3.08. The molecule has 8 heteroatoms. The van der Waals surface area contributed by atoms with Gasteiger partial charge in [-0.2, -0.15) is 0 Å². The number of hydrogen-bond donors (Lipinski definition) is 2. The molecule has 146 valence electrons. The molecule has 2 N–H and O–H groups in total. The highest BCUT2D eigenvalue weighted by atomic mass is 32.2. The molecule has 3 amide bonds. The highest BCUT2D eigenvalue weighted by Gasteiger charge is 2.22. The minimum absolute atomic E-state index is 0.0587. The third-order valence-corrected chi connectivity index (χ3v) is 5.18. The fourth-order valence-electron chi connectivity index (χ4n) is 2.50. The largest absolute Gasteiger partial charge is 0.336 e. The zero-order valence-electron chi connectivity index (χ0n) is 16.3. The molecule has 0 aliphatic carbocycles. The third-order valence-electron chi connectivity index (χ3n) is 4.11. The predicted molar refractivity (Wildman–Crippen MR) is 108 cm³/mol. The first-order chi connectivity index (χ1) is 12.7. The fourth-order valence-corrected chi connectivity index (χ4v) is 3.51. The average molecular weight is 391 g/mol. The lowest BCUT2D eigenvalue weighted by atomic mass is 10.2. The number of rotatable bonds is 6. The van der Waals surface area contributed by atoms with E-state index in [1.165, 1.54) is 11.8 Å². The van der Waals surface area contributed by atoms with Gasteiger partial charge in [0.25, 0.3) is 5.56 Å². The summed E-state index contributed by atoms with van der Waals surface area (Å²) in [5.74, 6) is -0.434. The number of thioether (sulfide) groups is 1. The summed E-state index contributed by atoms with van der Waals surface area (Å²) in [5, 5.41) is 5.37. The van der Waals surface area contributed by atoms with E-state index < -0.39 is 17.2 Å². The number of imide groups is 1. The van der Waals surface area contributed by atoms with Gasteiger partial charge in [-0.25, -0.2) is 9.78 Å². The Morgan fingerprint density at radius 1 is 1.19 bits per heavy atom. The van der Waals surface area contributed by atoms with Crippen molar-refractivity contribution >= 4 is 34.6 Å². The van der Waals surface area contributed by atoms with Crippen LogP contribution in [0.1, 0.15) is 47.1 Å². The monoisotopic (exact) mass is 390 g/mol. The van der Waals surface area contributed by atoms with E-state index in [4.69, 9.17) is 0 Å². The summed E-state index contributed by atoms with van der Waals surface area (Å²) in [4.78, 5) is 41.6. The van der Waals surface area contributed by atoms with Crippen LogP contribution in [0.3, 0.4) is 0 Å². The molecule has 1 aromatic heterocycles. The molecule has 2 aromatic rings. The van der Waals surface area contributed by atoms with Crippen molar-refractivity contribution in [3.8, 4) is 0 Å². The first kappa shape index (κ1) is 21.0. The smallest absolute Gasteiger partial charge is 0.321 e. The first-order valence-electron chi connectivity index (χ1n) is 9.03. The minimum Gasteiger partial charge on any atom is -0.336 e. The summed E-state index contributed by atoms with van der Waals surface area (Å²) in [6, 6.07) is 6.50. The lowest BCUT2D eigenvalue weighted by molar-refractivity contribution is -0.119. The van der Waals surface area contributed by atoms with E-state index in [-0.39, 0.29) is 17.6 Å². The molecule has 0 bridgehead atoms. The summed E-state index contributed by atoms with van der Waals surface area (Å²) in [6.45, 7) is 9.25. The van der Waals surface area contributed by atoms with Crippen LogP contribution in [0.2, 0.25) is 0 Å². The van der Waals surface area contributed by atoms with Gasteiger partial charge in [-0.3, -0.25) is 19.5 Å². The second-order valence-electron chi connectivity index (χ2n) is 6.72. The number of urea groups is 1. The molecule has 0 radical (unpaired) electrons. The maximum atomic E-state index is 12.9. The molecule has 0 saturated heterocycles. The number of para-hydroxylation sites is 1. The average Bonchev–Trinajstić information content (AvgIpc) is 2.60. The summed E-state index contributed by atoms with van der Waals surface area (Å²) in [5.41, 5.74) is 0.470. The second-order valence-corrected chi connectivity index (χ2v) is 8.03. The van der Waals surface area contributed by atoms with Crippen molar-refractivity contribution in [1.29, 1.82) is 0 Å². The van der Waals surface area contributed by atoms with Gasteiger partial charge < -0.3 is 5.32 Å². The van der Waals surface area contributed by atoms with E-state index in [1.54, 1.807) is 23.6 Å². The normalized spacial score (nSPS) is 13.4. The maximum Gasteiger partial charge on any atom is 0.321 e. The summed E-state index contributed by atoms with van der Waals surface area (Å²) in [6.07, 6.45) is 0.755. The van der Waals surface area contributed by atoms with Crippen molar-refractivity contribution in [2.45, 2.75) is 63.5 Å². The number of nitrogens with one attached hydrogen (secondary N) is 2. The highest BCUT2D eigenvalue weighted by molar-refractivity contribution is 8.00. The molecule has 1 heterocycles. The Morgan fingerprint density at radius 2 is 1.85 bits per heavy atom. The topological polar surface area (TPSA) is 93.1 Å². The number of benzene rings is 1. The van der Waals surface area contributed by atoms with Gasteiger partial charge in [0.05, 0.1) is 16.2 Å². The quantitative estimate of drug-likeness (QED) is 0.584. The first-order valence-corrected chi connectivity index (χ1v) is 9.91. The molecule has 1 aromatic carbocycles. The number of hydrogen-bond acceptors (Lipinski definition) is 5. The Labute approximate surface area is 162 Å². The van der Waals surface area contributed by atoms with E-state index in [1.807, 2.05) is 39.8 Å². The Hall–Kier alpha value is -2.35. The van der Waals surface area contributed by atoms with E-state index in [2.05, 4.69) is 15.6 Å². The van der Waals surface area contributed by atoms with Crippen molar-refractivity contribution in [3.63, 3.8) is 0 Å². The molecule has 0 spiro atoms. The van der Waals surface area contributed by atoms with Crippen molar-refractivity contribution in [1.82, 2.24) is 20.2 Å². The van der Waals surface area contributed by atoms with E-state index in [9.17, 15) is 14.4 Å². The summed E-state index contributed by atoms with van der Waals surface area (Å²) >= 11 is 1.17. The second kappa shape index (κ2) is 9.03. The molecule has 0 fully saturated rings. The van der Waals surface area contributed by atoms with E-state index in [0.29, 0.717) is 16.1 Å². The van der Waals surface area contributed by atoms with Crippen LogP contribution < -0.4 is 16.2 Å². The van der Waals surface area contributed by atoms with Gasteiger partial charge in [-0.05, 0) is 46.2 Å². The standard InChI is InChI=1S/C19H26N4O3S/c1-6-12(4)23-17(25)14-9-7-8-10-15(14)21-19(23)27-13(5)16(24)22-18(26)20-11(2)3/h7-13H,6H2,1-5H3,(H2,20,22,24,26)/t12-,13-/m0/s1. The maximum absolute atomic E-state index is 12.9. The molecule has 0 saturated carbocycles. The Balaban J connectivity index is 2.32. The van der Waals surface area contributed by atoms with Crippen LogP contribution in [0.25, 0.3) is 10.9 Å². The van der Waals surface area contributed by atoms with Crippen molar-refractivity contribution in [3.05, 3.63) is 34.6 Å². The molecular formula is C19H26N4O3S. The van der Waals surface area contributed by atoms with Crippen molar-refractivity contribution < 1.29 is 9.59 Å². The third kappa shape index (κ3) is 5.09. The Bertz CT molecular complexity index is 894.